The Bertz CT molecular complexity index is 489. The molecular formula is C13H18N4O3. The lowest BCUT2D eigenvalue weighted by atomic mass is 10.2. The summed E-state index contributed by atoms with van der Waals surface area (Å²) in [5.74, 6) is 0.197. The maximum Gasteiger partial charge on any atom is 0.322 e. The number of primary amides is 1. The molecule has 0 aromatic heterocycles. The number of anilines is 1. The summed E-state index contributed by atoms with van der Waals surface area (Å²) in [6, 6.07) is 6.01. The molecule has 4 N–H and O–H groups in total. The van der Waals surface area contributed by atoms with Crippen LogP contribution in [0.2, 0.25) is 0 Å². The number of nitrogens with zero attached hydrogens (tertiary/aromatic N) is 1. The maximum atomic E-state index is 12.2. The van der Waals surface area contributed by atoms with Gasteiger partial charge in [-0.2, -0.15) is 0 Å². The van der Waals surface area contributed by atoms with Crippen LogP contribution < -0.4 is 21.1 Å². The van der Waals surface area contributed by atoms with Crippen molar-refractivity contribution in [2.24, 2.45) is 5.73 Å². The van der Waals surface area contributed by atoms with Crippen LogP contribution in [0.3, 0.4) is 0 Å². The lowest BCUT2D eigenvalue weighted by molar-refractivity contribution is -0.122. The Hall–Kier alpha value is -2.28. The van der Waals surface area contributed by atoms with E-state index in [2.05, 4.69) is 10.6 Å². The Morgan fingerprint density at radius 3 is 2.70 bits per heavy atom. The third kappa shape index (κ3) is 3.18. The summed E-state index contributed by atoms with van der Waals surface area (Å²) in [5.41, 5.74) is 5.95. The number of urea groups is 1. The molecule has 7 nitrogen and oxygen atoms in total. The molecule has 1 aromatic rings. The predicted octanol–water partition coefficient (Wildman–Crippen LogP) is -0.0138. The van der Waals surface area contributed by atoms with Crippen LogP contribution in [-0.4, -0.2) is 49.6 Å². The van der Waals surface area contributed by atoms with E-state index in [-0.39, 0.29) is 6.03 Å². The number of benzene rings is 1. The van der Waals surface area contributed by atoms with Gasteiger partial charge in [-0.3, -0.25) is 4.79 Å². The zero-order valence-corrected chi connectivity index (χ0v) is 11.3. The molecule has 7 heteroatoms. The van der Waals surface area contributed by atoms with Gasteiger partial charge in [0.25, 0.3) is 0 Å². The molecule has 108 valence electrons. The molecule has 1 aromatic carbocycles. The SMILES string of the molecule is COc1ccc(NC(=O)N2CCNCC2C(N)=O)cc1. The van der Waals surface area contributed by atoms with Crippen LogP contribution in [0, 0.1) is 0 Å². The van der Waals surface area contributed by atoms with Crippen molar-refractivity contribution in [2.45, 2.75) is 6.04 Å². The van der Waals surface area contributed by atoms with E-state index in [4.69, 9.17) is 10.5 Å². The molecule has 1 aliphatic heterocycles. The molecule has 1 fully saturated rings. The molecule has 0 spiro atoms. The highest BCUT2D eigenvalue weighted by atomic mass is 16.5. The number of hydrogen-bond acceptors (Lipinski definition) is 4. The lowest BCUT2D eigenvalue weighted by Gasteiger charge is -2.34. The average Bonchev–Trinajstić information content (AvgIpc) is 2.48. The lowest BCUT2D eigenvalue weighted by Crippen LogP contribution is -2.59. The van der Waals surface area contributed by atoms with Gasteiger partial charge in [-0.1, -0.05) is 0 Å². The Morgan fingerprint density at radius 1 is 1.40 bits per heavy atom. The second-order valence-corrected chi connectivity index (χ2v) is 4.47. The van der Waals surface area contributed by atoms with Crippen LogP contribution in [-0.2, 0) is 4.79 Å². The number of amides is 3. The second-order valence-electron chi connectivity index (χ2n) is 4.47. The highest BCUT2D eigenvalue weighted by Gasteiger charge is 2.30. The van der Waals surface area contributed by atoms with E-state index in [0.29, 0.717) is 31.1 Å². The number of methoxy groups -OCH3 is 1. The highest BCUT2D eigenvalue weighted by molar-refractivity contribution is 5.93. The molecule has 20 heavy (non-hydrogen) atoms. The zero-order chi connectivity index (χ0) is 14.5. The van der Waals surface area contributed by atoms with Gasteiger partial charge in [0.2, 0.25) is 5.91 Å². The van der Waals surface area contributed by atoms with Crippen LogP contribution in [0.4, 0.5) is 10.5 Å². The summed E-state index contributed by atoms with van der Waals surface area (Å²) in [6.07, 6.45) is 0. The van der Waals surface area contributed by atoms with Crippen LogP contribution in [0.25, 0.3) is 0 Å². The normalized spacial score (nSPS) is 18.4. The van der Waals surface area contributed by atoms with Gasteiger partial charge < -0.3 is 26.0 Å². The summed E-state index contributed by atoms with van der Waals surface area (Å²) >= 11 is 0. The maximum absolute atomic E-state index is 12.2. The van der Waals surface area contributed by atoms with E-state index in [9.17, 15) is 9.59 Å². The monoisotopic (exact) mass is 278 g/mol. The standard InChI is InChI=1S/C13H18N4O3/c1-20-10-4-2-9(3-5-10)16-13(19)17-7-6-15-8-11(17)12(14)18/h2-5,11,15H,6-8H2,1H3,(H2,14,18)(H,16,19). The number of nitrogens with two attached hydrogens (primary N) is 1. The van der Waals surface area contributed by atoms with Gasteiger partial charge in [-0.25, -0.2) is 4.79 Å². The number of nitrogens with one attached hydrogen (secondary N) is 2. The Balaban J connectivity index is 2.03. The summed E-state index contributed by atoms with van der Waals surface area (Å²) < 4.78 is 5.05. The van der Waals surface area contributed by atoms with Gasteiger partial charge in [-0.15, -0.1) is 0 Å². The van der Waals surface area contributed by atoms with Crippen LogP contribution in [0.1, 0.15) is 0 Å². The Labute approximate surface area is 117 Å². The number of rotatable bonds is 3. The molecule has 1 saturated heterocycles. The fourth-order valence-corrected chi connectivity index (χ4v) is 2.07. The average molecular weight is 278 g/mol. The van der Waals surface area contributed by atoms with Crippen molar-refractivity contribution < 1.29 is 14.3 Å². The third-order valence-corrected chi connectivity index (χ3v) is 3.17. The first-order chi connectivity index (χ1) is 9.61. The fourth-order valence-electron chi connectivity index (χ4n) is 2.07. The molecule has 0 radical (unpaired) electrons. The minimum Gasteiger partial charge on any atom is -0.497 e. The number of carbonyl (C=O) groups is 2. The first kappa shape index (κ1) is 14.1. The van der Waals surface area contributed by atoms with Gasteiger partial charge in [0.15, 0.2) is 0 Å². The molecule has 3 amide bonds. The van der Waals surface area contributed by atoms with E-state index in [0.717, 1.165) is 0 Å². The summed E-state index contributed by atoms with van der Waals surface area (Å²) in [5, 5.41) is 5.78. The number of hydrogen-bond donors (Lipinski definition) is 3. The second kappa shape index (κ2) is 6.25. The van der Waals surface area contributed by atoms with Crippen molar-refractivity contribution in [2.75, 3.05) is 32.1 Å². The predicted molar refractivity (Wildman–Crippen MR) is 74.6 cm³/mol. The van der Waals surface area contributed by atoms with Gasteiger partial charge in [-0.05, 0) is 24.3 Å². The van der Waals surface area contributed by atoms with Gasteiger partial charge >= 0.3 is 6.03 Å². The first-order valence-electron chi connectivity index (χ1n) is 6.33. The largest absolute Gasteiger partial charge is 0.497 e. The van der Waals surface area contributed by atoms with E-state index in [1.807, 2.05) is 0 Å². The molecule has 1 aliphatic rings. The van der Waals surface area contributed by atoms with Crippen molar-refractivity contribution in [3.63, 3.8) is 0 Å². The van der Waals surface area contributed by atoms with Crippen LogP contribution in [0.5, 0.6) is 5.75 Å². The molecule has 2 rings (SSSR count). The van der Waals surface area contributed by atoms with Crippen molar-refractivity contribution in [3.8, 4) is 5.75 Å². The number of ether oxygens (including phenoxy) is 1. The van der Waals surface area contributed by atoms with Crippen LogP contribution >= 0.6 is 0 Å². The van der Waals surface area contributed by atoms with E-state index in [1.165, 1.54) is 4.90 Å². The van der Waals surface area contributed by atoms with Gasteiger partial charge in [0.1, 0.15) is 11.8 Å². The quantitative estimate of drug-likeness (QED) is 0.724. The summed E-state index contributed by atoms with van der Waals surface area (Å²) in [7, 11) is 1.58. The minimum absolute atomic E-state index is 0.333. The molecule has 1 heterocycles. The van der Waals surface area contributed by atoms with Crippen LogP contribution in [0.15, 0.2) is 24.3 Å². The smallest absolute Gasteiger partial charge is 0.322 e. The van der Waals surface area contributed by atoms with E-state index in [1.54, 1.807) is 31.4 Å². The summed E-state index contributed by atoms with van der Waals surface area (Å²) in [6.45, 7) is 1.46. The molecule has 0 bridgehead atoms. The van der Waals surface area contributed by atoms with Crippen molar-refractivity contribution in [1.29, 1.82) is 0 Å². The van der Waals surface area contributed by atoms with E-state index < -0.39 is 11.9 Å². The Morgan fingerprint density at radius 2 is 2.10 bits per heavy atom. The molecule has 0 aliphatic carbocycles. The van der Waals surface area contributed by atoms with Gasteiger partial charge in [0.05, 0.1) is 7.11 Å². The van der Waals surface area contributed by atoms with Crippen molar-refractivity contribution in [3.05, 3.63) is 24.3 Å². The van der Waals surface area contributed by atoms with Crippen molar-refractivity contribution in [1.82, 2.24) is 10.2 Å². The third-order valence-electron chi connectivity index (χ3n) is 3.17. The number of carbonyl (C=O) groups excluding carboxylic acids is 2. The highest BCUT2D eigenvalue weighted by Crippen LogP contribution is 2.16. The minimum atomic E-state index is -0.623. The molecular weight excluding hydrogens is 260 g/mol. The summed E-state index contributed by atoms with van der Waals surface area (Å²) in [4.78, 5) is 25.0. The number of piperazine rings is 1. The van der Waals surface area contributed by atoms with E-state index >= 15 is 0 Å². The fraction of sp³-hybridized carbons (Fsp3) is 0.385. The zero-order valence-electron chi connectivity index (χ0n) is 11.3. The molecule has 0 saturated carbocycles. The molecule has 1 atom stereocenters. The first-order valence-corrected chi connectivity index (χ1v) is 6.33. The molecule has 1 unspecified atom stereocenters. The van der Waals surface area contributed by atoms with Gasteiger partial charge in [0, 0.05) is 25.3 Å². The Kier molecular flexibility index (Phi) is 4.41. The topological polar surface area (TPSA) is 96.7 Å². The van der Waals surface area contributed by atoms with Crippen molar-refractivity contribution >= 4 is 17.6 Å².